The molecule has 2 heteroatoms. The number of benzene rings is 1. The summed E-state index contributed by atoms with van der Waals surface area (Å²) in [6, 6.07) is 10.6. The highest BCUT2D eigenvalue weighted by Crippen LogP contribution is 2.18. The monoisotopic (exact) mass is 205 g/mol. The molecule has 2 atom stereocenters. The van der Waals surface area contributed by atoms with Crippen molar-refractivity contribution in [1.29, 1.82) is 0 Å². The molecule has 0 spiro atoms. The summed E-state index contributed by atoms with van der Waals surface area (Å²) >= 11 is 0. The molecule has 0 saturated carbocycles. The van der Waals surface area contributed by atoms with Gasteiger partial charge < -0.3 is 10.0 Å². The summed E-state index contributed by atoms with van der Waals surface area (Å²) in [6.07, 6.45) is 0.828. The van der Waals surface area contributed by atoms with Crippen molar-refractivity contribution in [3.8, 4) is 0 Å². The largest absolute Gasteiger partial charge is 0.392 e. The zero-order valence-electron chi connectivity index (χ0n) is 9.26. The van der Waals surface area contributed by atoms with Gasteiger partial charge >= 0.3 is 0 Å². The van der Waals surface area contributed by atoms with Gasteiger partial charge in [-0.15, -0.1) is 0 Å². The average Bonchev–Trinajstić information content (AvgIpc) is 2.65. The smallest absolute Gasteiger partial charge is 0.0679 e. The summed E-state index contributed by atoms with van der Waals surface area (Å²) in [5.74, 6) is 0.552. The number of aliphatic hydroxyl groups is 1. The lowest BCUT2D eigenvalue weighted by Crippen LogP contribution is -2.26. The van der Waals surface area contributed by atoms with Crippen molar-refractivity contribution < 1.29 is 5.11 Å². The van der Waals surface area contributed by atoms with E-state index in [1.54, 1.807) is 0 Å². The normalized spacial score (nSPS) is 24.3. The van der Waals surface area contributed by atoms with Gasteiger partial charge in [0, 0.05) is 19.6 Å². The van der Waals surface area contributed by atoms with Crippen LogP contribution in [0.15, 0.2) is 30.3 Å². The fourth-order valence-electron chi connectivity index (χ4n) is 2.25. The van der Waals surface area contributed by atoms with Crippen molar-refractivity contribution in [3.05, 3.63) is 35.9 Å². The van der Waals surface area contributed by atoms with Crippen LogP contribution in [0.1, 0.15) is 24.8 Å². The van der Waals surface area contributed by atoms with Crippen LogP contribution < -0.4 is 0 Å². The van der Waals surface area contributed by atoms with E-state index < -0.39 is 0 Å². The van der Waals surface area contributed by atoms with Crippen LogP contribution in [0.3, 0.4) is 0 Å². The first-order valence-electron chi connectivity index (χ1n) is 5.71. The SMILES string of the molecule is C[C@@H](CN1CC[C@@H](O)C1)c1ccccc1. The Bertz CT molecular complexity index is 299. The van der Waals surface area contributed by atoms with Crippen LogP contribution in [0, 0.1) is 0 Å². The lowest BCUT2D eigenvalue weighted by molar-refractivity contribution is 0.175. The quantitative estimate of drug-likeness (QED) is 0.814. The van der Waals surface area contributed by atoms with Gasteiger partial charge in [0.05, 0.1) is 6.10 Å². The van der Waals surface area contributed by atoms with Crippen molar-refractivity contribution in [1.82, 2.24) is 4.90 Å². The molecule has 1 fully saturated rings. The van der Waals surface area contributed by atoms with E-state index in [1.807, 2.05) is 0 Å². The zero-order chi connectivity index (χ0) is 10.7. The molecule has 82 valence electrons. The molecule has 0 aliphatic carbocycles. The van der Waals surface area contributed by atoms with Crippen molar-refractivity contribution >= 4 is 0 Å². The van der Waals surface area contributed by atoms with Crippen molar-refractivity contribution in [2.45, 2.75) is 25.4 Å². The summed E-state index contributed by atoms with van der Waals surface area (Å²) in [5.41, 5.74) is 1.39. The summed E-state index contributed by atoms with van der Waals surface area (Å²) in [7, 11) is 0. The van der Waals surface area contributed by atoms with Gasteiger partial charge in [-0.1, -0.05) is 37.3 Å². The molecule has 0 unspecified atom stereocenters. The maximum absolute atomic E-state index is 9.44. The maximum atomic E-state index is 9.44. The first kappa shape index (κ1) is 10.7. The molecule has 2 rings (SSSR count). The number of rotatable bonds is 3. The van der Waals surface area contributed by atoms with Crippen LogP contribution >= 0.6 is 0 Å². The van der Waals surface area contributed by atoms with E-state index in [1.165, 1.54) is 5.56 Å². The van der Waals surface area contributed by atoms with Gasteiger partial charge in [0.15, 0.2) is 0 Å². The molecule has 15 heavy (non-hydrogen) atoms. The first-order chi connectivity index (χ1) is 7.25. The number of likely N-dealkylation sites (tertiary alicyclic amines) is 1. The molecule has 1 aromatic carbocycles. The molecule has 1 saturated heterocycles. The van der Waals surface area contributed by atoms with E-state index in [2.05, 4.69) is 42.2 Å². The number of aliphatic hydroxyl groups excluding tert-OH is 1. The van der Waals surface area contributed by atoms with Gasteiger partial charge in [0.1, 0.15) is 0 Å². The number of hydrogen-bond donors (Lipinski definition) is 1. The van der Waals surface area contributed by atoms with E-state index in [0.29, 0.717) is 5.92 Å². The third-order valence-electron chi connectivity index (χ3n) is 3.15. The molecule has 0 amide bonds. The van der Waals surface area contributed by atoms with Gasteiger partial charge in [-0.2, -0.15) is 0 Å². The zero-order valence-corrected chi connectivity index (χ0v) is 9.26. The Morgan fingerprint density at radius 1 is 1.40 bits per heavy atom. The second kappa shape index (κ2) is 4.77. The molecule has 1 aromatic rings. The Balaban J connectivity index is 1.90. The lowest BCUT2D eigenvalue weighted by Gasteiger charge is -2.20. The topological polar surface area (TPSA) is 23.5 Å². The third kappa shape index (κ3) is 2.80. The summed E-state index contributed by atoms with van der Waals surface area (Å²) in [4.78, 5) is 2.35. The molecule has 1 N–H and O–H groups in total. The van der Waals surface area contributed by atoms with Crippen molar-refractivity contribution in [2.24, 2.45) is 0 Å². The minimum absolute atomic E-state index is 0.104. The minimum Gasteiger partial charge on any atom is -0.392 e. The second-order valence-corrected chi connectivity index (χ2v) is 4.51. The average molecular weight is 205 g/mol. The molecule has 1 aliphatic rings. The maximum Gasteiger partial charge on any atom is 0.0679 e. The fraction of sp³-hybridized carbons (Fsp3) is 0.538. The summed E-state index contributed by atoms with van der Waals surface area (Å²) in [5, 5.41) is 9.44. The van der Waals surface area contributed by atoms with Crippen LogP contribution in [-0.4, -0.2) is 35.7 Å². The number of hydrogen-bond acceptors (Lipinski definition) is 2. The predicted molar refractivity (Wildman–Crippen MR) is 61.9 cm³/mol. The van der Waals surface area contributed by atoms with Crippen LogP contribution in [0.5, 0.6) is 0 Å². The van der Waals surface area contributed by atoms with Gasteiger partial charge in [-0.3, -0.25) is 0 Å². The Kier molecular flexibility index (Phi) is 3.39. The Morgan fingerprint density at radius 3 is 2.73 bits per heavy atom. The number of β-amino-alcohol motifs (C(OH)–C–C–N with tert-alkyl or cyclic N) is 1. The molecule has 0 bridgehead atoms. The third-order valence-corrected chi connectivity index (χ3v) is 3.15. The molecule has 0 aromatic heterocycles. The molecular formula is C13H19NO. The van der Waals surface area contributed by atoms with E-state index >= 15 is 0 Å². The van der Waals surface area contributed by atoms with Crippen LogP contribution in [0.4, 0.5) is 0 Å². The highest BCUT2D eigenvalue weighted by Gasteiger charge is 2.21. The van der Waals surface area contributed by atoms with Gasteiger partial charge in [-0.05, 0) is 17.9 Å². The molecule has 2 nitrogen and oxygen atoms in total. The molecule has 1 aliphatic heterocycles. The Morgan fingerprint density at radius 2 is 2.13 bits per heavy atom. The van der Waals surface area contributed by atoms with Gasteiger partial charge in [0.2, 0.25) is 0 Å². The van der Waals surface area contributed by atoms with Crippen LogP contribution in [0.2, 0.25) is 0 Å². The first-order valence-corrected chi connectivity index (χ1v) is 5.71. The summed E-state index contributed by atoms with van der Waals surface area (Å²) < 4.78 is 0. The Hall–Kier alpha value is -0.860. The predicted octanol–water partition coefficient (Wildman–Crippen LogP) is 1.86. The molecule has 1 heterocycles. The molecule has 0 radical (unpaired) electrons. The lowest BCUT2D eigenvalue weighted by atomic mass is 10.0. The van der Waals surface area contributed by atoms with Crippen LogP contribution in [-0.2, 0) is 0 Å². The van der Waals surface area contributed by atoms with Crippen LogP contribution in [0.25, 0.3) is 0 Å². The second-order valence-electron chi connectivity index (χ2n) is 4.51. The Labute approximate surface area is 91.5 Å². The van der Waals surface area contributed by atoms with E-state index in [4.69, 9.17) is 0 Å². The number of nitrogens with zero attached hydrogens (tertiary/aromatic N) is 1. The molecular weight excluding hydrogens is 186 g/mol. The van der Waals surface area contributed by atoms with E-state index in [-0.39, 0.29) is 6.10 Å². The van der Waals surface area contributed by atoms with Crippen molar-refractivity contribution in [2.75, 3.05) is 19.6 Å². The van der Waals surface area contributed by atoms with Crippen molar-refractivity contribution in [3.63, 3.8) is 0 Å². The van der Waals surface area contributed by atoms with Gasteiger partial charge in [0.25, 0.3) is 0 Å². The highest BCUT2D eigenvalue weighted by molar-refractivity contribution is 5.19. The minimum atomic E-state index is -0.104. The highest BCUT2D eigenvalue weighted by atomic mass is 16.3. The standard InChI is InChI=1S/C13H19NO/c1-11(12-5-3-2-4-6-12)9-14-8-7-13(15)10-14/h2-6,11,13,15H,7-10H2,1H3/t11-,13+/m0/s1. The van der Waals surface area contributed by atoms with Gasteiger partial charge in [-0.25, -0.2) is 0 Å². The summed E-state index contributed by atoms with van der Waals surface area (Å²) in [6.45, 7) is 5.19. The fourth-order valence-corrected chi connectivity index (χ4v) is 2.25. The van der Waals surface area contributed by atoms with E-state index in [0.717, 1.165) is 26.1 Å². The van der Waals surface area contributed by atoms with E-state index in [9.17, 15) is 5.11 Å².